The van der Waals surface area contributed by atoms with Crippen LogP contribution in [0.25, 0.3) is 0 Å². The standard InChI is InChI=1S/C22H24N4O4/c1-3-4-6-16(13-23)9-8-15(2)24-22(30)26-10-5-7-17-11-18(12-20(28)29)19(14-27)25-21(17)26/h4,6,8-9,11,14H,3,5,7,10,12H2,1-2H3,(H,24,30)(H,28,29)/b6-4+,15-8+,16-9+. The second-order valence-electron chi connectivity index (χ2n) is 6.78. The van der Waals surface area contributed by atoms with Crippen LogP contribution in [0.15, 0.2) is 41.6 Å². The first-order valence-electron chi connectivity index (χ1n) is 9.63. The summed E-state index contributed by atoms with van der Waals surface area (Å²) >= 11 is 0. The zero-order chi connectivity index (χ0) is 22.1. The van der Waals surface area contributed by atoms with Gasteiger partial charge in [-0.2, -0.15) is 5.26 Å². The number of hydrogen-bond donors (Lipinski definition) is 2. The monoisotopic (exact) mass is 408 g/mol. The molecule has 1 aromatic rings. The predicted octanol–water partition coefficient (Wildman–Crippen LogP) is 3.30. The number of anilines is 1. The van der Waals surface area contributed by atoms with Crippen molar-refractivity contribution in [1.82, 2.24) is 10.3 Å². The van der Waals surface area contributed by atoms with Crippen LogP contribution in [-0.4, -0.2) is 34.9 Å². The molecular weight excluding hydrogens is 384 g/mol. The number of urea groups is 1. The maximum atomic E-state index is 12.8. The van der Waals surface area contributed by atoms with E-state index in [0.717, 1.165) is 12.0 Å². The van der Waals surface area contributed by atoms with E-state index >= 15 is 0 Å². The van der Waals surface area contributed by atoms with Gasteiger partial charge in [0.05, 0.1) is 18.1 Å². The van der Waals surface area contributed by atoms with Crippen LogP contribution in [0.3, 0.4) is 0 Å². The molecule has 0 unspecified atom stereocenters. The van der Waals surface area contributed by atoms with Crippen molar-refractivity contribution < 1.29 is 19.5 Å². The molecule has 0 saturated carbocycles. The summed E-state index contributed by atoms with van der Waals surface area (Å²) in [6.07, 6.45) is 9.20. The van der Waals surface area contributed by atoms with Crippen LogP contribution >= 0.6 is 0 Å². The number of hydrogen-bond acceptors (Lipinski definition) is 5. The van der Waals surface area contributed by atoms with Crippen LogP contribution in [0, 0.1) is 11.3 Å². The van der Waals surface area contributed by atoms with Gasteiger partial charge < -0.3 is 10.4 Å². The lowest BCUT2D eigenvalue weighted by Gasteiger charge is -2.29. The normalized spacial score (nSPS) is 14.2. The Labute approximate surface area is 175 Å². The molecule has 2 amide bonds. The maximum absolute atomic E-state index is 12.8. The fourth-order valence-electron chi connectivity index (χ4n) is 3.03. The molecule has 0 aromatic carbocycles. The molecule has 0 aliphatic carbocycles. The molecule has 0 saturated heterocycles. The Morgan fingerprint density at radius 2 is 2.17 bits per heavy atom. The van der Waals surface area contributed by atoms with Crippen molar-refractivity contribution in [1.29, 1.82) is 5.26 Å². The molecular formula is C22H24N4O4. The number of fused-ring (bicyclic) bond motifs is 1. The summed E-state index contributed by atoms with van der Waals surface area (Å²) in [5, 5.41) is 20.9. The number of carboxylic acids is 1. The Bertz CT molecular complexity index is 970. The summed E-state index contributed by atoms with van der Waals surface area (Å²) in [7, 11) is 0. The van der Waals surface area contributed by atoms with Gasteiger partial charge in [-0.05, 0) is 61.6 Å². The van der Waals surface area contributed by atoms with Crippen LogP contribution in [0.5, 0.6) is 0 Å². The fraction of sp³-hybridized carbons (Fsp3) is 0.318. The van der Waals surface area contributed by atoms with Crippen molar-refractivity contribution in [3.63, 3.8) is 0 Å². The average molecular weight is 408 g/mol. The number of allylic oxidation sites excluding steroid dienone is 6. The first-order chi connectivity index (χ1) is 14.4. The van der Waals surface area contributed by atoms with Crippen LogP contribution in [-0.2, 0) is 17.6 Å². The summed E-state index contributed by atoms with van der Waals surface area (Å²) in [4.78, 5) is 40.9. The number of carboxylic acid groups (broad SMARTS) is 1. The molecule has 1 aromatic heterocycles. The first kappa shape index (κ1) is 22.6. The van der Waals surface area contributed by atoms with E-state index in [2.05, 4.69) is 16.4 Å². The number of aromatic nitrogens is 1. The summed E-state index contributed by atoms with van der Waals surface area (Å²) < 4.78 is 0. The maximum Gasteiger partial charge on any atom is 0.327 e. The first-order valence-corrected chi connectivity index (χ1v) is 9.63. The van der Waals surface area contributed by atoms with Crippen molar-refractivity contribution in [3.05, 3.63) is 58.5 Å². The molecule has 156 valence electrons. The third-order valence-corrected chi connectivity index (χ3v) is 4.45. The lowest BCUT2D eigenvalue weighted by atomic mass is 10.0. The van der Waals surface area contributed by atoms with E-state index in [1.54, 1.807) is 31.2 Å². The van der Waals surface area contributed by atoms with E-state index in [9.17, 15) is 14.4 Å². The Balaban J connectivity index is 2.24. The van der Waals surface area contributed by atoms with Gasteiger partial charge in [0.15, 0.2) is 6.29 Å². The lowest BCUT2D eigenvalue weighted by molar-refractivity contribution is -0.136. The number of carbonyl (C=O) groups excluding carboxylic acids is 2. The van der Waals surface area contributed by atoms with Crippen LogP contribution in [0.2, 0.25) is 0 Å². The number of aliphatic carboxylic acids is 1. The number of pyridine rings is 1. The number of aldehydes is 1. The minimum absolute atomic E-state index is 0.0208. The Kier molecular flexibility index (Phi) is 8.06. The highest BCUT2D eigenvalue weighted by molar-refractivity contribution is 5.94. The number of carbonyl (C=O) groups is 3. The highest BCUT2D eigenvalue weighted by Gasteiger charge is 2.26. The van der Waals surface area contributed by atoms with Gasteiger partial charge in [0.25, 0.3) is 0 Å². The van der Waals surface area contributed by atoms with E-state index in [4.69, 9.17) is 10.4 Å². The highest BCUT2D eigenvalue weighted by atomic mass is 16.4. The van der Waals surface area contributed by atoms with Gasteiger partial charge in [0.1, 0.15) is 11.5 Å². The molecule has 1 aliphatic rings. The molecule has 0 radical (unpaired) electrons. The number of nitrogens with zero attached hydrogens (tertiary/aromatic N) is 3. The van der Waals surface area contributed by atoms with Gasteiger partial charge >= 0.3 is 12.0 Å². The predicted molar refractivity (Wildman–Crippen MR) is 112 cm³/mol. The molecule has 0 fully saturated rings. The molecule has 2 rings (SSSR count). The number of aryl methyl sites for hydroxylation is 1. The molecule has 8 heteroatoms. The van der Waals surface area contributed by atoms with Crippen molar-refractivity contribution >= 4 is 24.1 Å². The van der Waals surface area contributed by atoms with Crippen molar-refractivity contribution in [2.45, 2.75) is 39.5 Å². The average Bonchev–Trinajstić information content (AvgIpc) is 2.72. The molecule has 0 atom stereocenters. The topological polar surface area (TPSA) is 123 Å². The molecule has 0 spiro atoms. The Morgan fingerprint density at radius 3 is 2.80 bits per heavy atom. The SMILES string of the molecule is CC/C=C/C(C#N)=C\C=C(/C)NC(=O)N1CCCc2cc(CC(=O)O)c(C=O)nc21. The summed E-state index contributed by atoms with van der Waals surface area (Å²) in [5.74, 6) is -0.688. The third-order valence-electron chi connectivity index (χ3n) is 4.45. The number of rotatable bonds is 7. The van der Waals surface area contributed by atoms with Crippen molar-refractivity contribution in [3.8, 4) is 6.07 Å². The van der Waals surface area contributed by atoms with E-state index < -0.39 is 12.0 Å². The van der Waals surface area contributed by atoms with Gasteiger partial charge in [-0.3, -0.25) is 14.5 Å². The largest absolute Gasteiger partial charge is 0.481 e. The van der Waals surface area contributed by atoms with Crippen molar-refractivity contribution in [2.24, 2.45) is 0 Å². The van der Waals surface area contributed by atoms with Gasteiger partial charge in [-0.15, -0.1) is 0 Å². The smallest absolute Gasteiger partial charge is 0.327 e. The van der Waals surface area contributed by atoms with Crippen molar-refractivity contribution in [2.75, 3.05) is 11.4 Å². The lowest BCUT2D eigenvalue weighted by Crippen LogP contribution is -2.43. The third kappa shape index (κ3) is 5.88. The van der Waals surface area contributed by atoms with Gasteiger partial charge in [0.2, 0.25) is 0 Å². The fourth-order valence-corrected chi connectivity index (χ4v) is 3.03. The number of nitriles is 1. The Morgan fingerprint density at radius 1 is 1.40 bits per heavy atom. The molecule has 0 bridgehead atoms. The van der Waals surface area contributed by atoms with E-state index in [0.29, 0.717) is 48.3 Å². The summed E-state index contributed by atoms with van der Waals surface area (Å²) in [5.41, 5.74) is 2.10. The summed E-state index contributed by atoms with van der Waals surface area (Å²) in [6.45, 7) is 4.10. The van der Waals surface area contributed by atoms with Crippen LogP contribution in [0.1, 0.15) is 48.3 Å². The highest BCUT2D eigenvalue weighted by Crippen LogP contribution is 2.27. The van der Waals surface area contributed by atoms with Gasteiger partial charge in [0, 0.05) is 12.2 Å². The molecule has 2 heterocycles. The van der Waals surface area contributed by atoms with Crippen LogP contribution < -0.4 is 10.2 Å². The summed E-state index contributed by atoms with van der Waals surface area (Å²) in [6, 6.07) is 3.31. The van der Waals surface area contributed by atoms with E-state index in [1.807, 2.05) is 13.0 Å². The number of amides is 2. The zero-order valence-electron chi connectivity index (χ0n) is 17.0. The quantitative estimate of drug-likeness (QED) is 0.405. The van der Waals surface area contributed by atoms with Gasteiger partial charge in [-0.1, -0.05) is 13.0 Å². The van der Waals surface area contributed by atoms with E-state index in [1.165, 1.54) is 4.90 Å². The number of nitrogens with one attached hydrogen (secondary N) is 1. The molecule has 8 nitrogen and oxygen atoms in total. The zero-order valence-corrected chi connectivity index (χ0v) is 17.0. The van der Waals surface area contributed by atoms with E-state index in [-0.39, 0.29) is 12.1 Å². The Hall–Kier alpha value is -3.73. The van der Waals surface area contributed by atoms with Gasteiger partial charge in [-0.25, -0.2) is 9.78 Å². The molecule has 30 heavy (non-hydrogen) atoms. The minimum Gasteiger partial charge on any atom is -0.481 e. The minimum atomic E-state index is -1.05. The second kappa shape index (κ2) is 10.7. The second-order valence-corrected chi connectivity index (χ2v) is 6.78. The molecule has 2 N–H and O–H groups in total. The molecule has 1 aliphatic heterocycles. The van der Waals surface area contributed by atoms with Crippen LogP contribution in [0.4, 0.5) is 10.6 Å².